The van der Waals surface area contributed by atoms with Crippen LogP contribution in [0.2, 0.25) is 10.0 Å². The molecule has 0 unspecified atom stereocenters. The second-order valence-electron chi connectivity index (χ2n) is 4.11. The van der Waals surface area contributed by atoms with Gasteiger partial charge in [-0.1, -0.05) is 29.3 Å². The van der Waals surface area contributed by atoms with E-state index in [2.05, 4.69) is 15.0 Å². The van der Waals surface area contributed by atoms with Crippen molar-refractivity contribution in [2.45, 2.75) is 0 Å². The zero-order valence-electron chi connectivity index (χ0n) is 10.0. The van der Waals surface area contributed by atoms with E-state index in [9.17, 15) is 4.79 Å². The minimum atomic E-state index is -0.271. The average Bonchev–Trinajstić information content (AvgIpc) is 2.37. The van der Waals surface area contributed by atoms with Gasteiger partial charge in [-0.15, -0.1) is 0 Å². The molecule has 2 aromatic heterocycles. The third-order valence-electron chi connectivity index (χ3n) is 2.81. The van der Waals surface area contributed by atoms with E-state index >= 15 is 0 Å². The van der Waals surface area contributed by atoms with Crippen LogP contribution in [0, 0.1) is 0 Å². The lowest BCUT2D eigenvalue weighted by molar-refractivity contribution is 1.18. The summed E-state index contributed by atoms with van der Waals surface area (Å²) in [5.41, 5.74) is 6.80. The minimum absolute atomic E-state index is 0.0327. The molecule has 0 spiro atoms. The predicted molar refractivity (Wildman–Crippen MR) is 80.0 cm³/mol. The Balaban J connectivity index is 2.45. The molecule has 2 heterocycles. The molecule has 0 bridgehead atoms. The summed E-state index contributed by atoms with van der Waals surface area (Å²) in [5.74, 6) is 0.0327. The Kier molecular flexibility index (Phi) is 3.08. The number of anilines is 1. The maximum atomic E-state index is 11.4. The molecule has 0 saturated heterocycles. The van der Waals surface area contributed by atoms with Crippen molar-refractivity contribution in [1.29, 1.82) is 0 Å². The van der Waals surface area contributed by atoms with Crippen molar-refractivity contribution in [1.82, 2.24) is 15.0 Å². The standard InChI is InChI=1S/C13H8Cl2N4O/c14-7-2-1-3-8(15)10(7)11-6-4-5-9(20)17-12(6)19-13(16)18-11/h1-5H,(H3,16,17,18,19,20). The molecule has 3 rings (SSSR count). The Labute approximate surface area is 123 Å². The number of aromatic amines is 1. The van der Waals surface area contributed by atoms with Gasteiger partial charge in [-0.05, 0) is 18.2 Å². The average molecular weight is 307 g/mol. The molecule has 0 aliphatic rings. The maximum Gasteiger partial charge on any atom is 0.249 e. The molecule has 3 aromatic rings. The van der Waals surface area contributed by atoms with Crippen molar-refractivity contribution in [3.05, 3.63) is 50.7 Å². The number of aromatic nitrogens is 3. The van der Waals surface area contributed by atoms with Gasteiger partial charge >= 0.3 is 0 Å². The van der Waals surface area contributed by atoms with Crippen molar-refractivity contribution in [2.75, 3.05) is 5.73 Å². The summed E-state index contributed by atoms with van der Waals surface area (Å²) in [7, 11) is 0. The fourth-order valence-electron chi connectivity index (χ4n) is 1.97. The van der Waals surface area contributed by atoms with Crippen molar-refractivity contribution in [3.8, 4) is 11.3 Å². The van der Waals surface area contributed by atoms with Crippen LogP contribution in [0.25, 0.3) is 22.3 Å². The van der Waals surface area contributed by atoms with Gasteiger partial charge in [-0.25, -0.2) is 4.98 Å². The van der Waals surface area contributed by atoms with E-state index in [1.807, 2.05) is 0 Å². The number of fused-ring (bicyclic) bond motifs is 1. The molecule has 100 valence electrons. The Morgan fingerprint density at radius 2 is 1.75 bits per heavy atom. The normalized spacial score (nSPS) is 10.9. The van der Waals surface area contributed by atoms with Crippen LogP contribution in [0.5, 0.6) is 0 Å². The fraction of sp³-hybridized carbons (Fsp3) is 0. The third-order valence-corrected chi connectivity index (χ3v) is 3.44. The molecule has 5 nitrogen and oxygen atoms in total. The molecule has 7 heteroatoms. The van der Waals surface area contributed by atoms with Crippen molar-refractivity contribution >= 4 is 40.2 Å². The van der Waals surface area contributed by atoms with E-state index in [0.29, 0.717) is 32.3 Å². The number of rotatable bonds is 1. The summed E-state index contributed by atoms with van der Waals surface area (Å²) in [6, 6.07) is 8.15. The Bertz CT molecular complexity index is 856. The van der Waals surface area contributed by atoms with E-state index in [1.54, 1.807) is 24.3 Å². The molecule has 1 aromatic carbocycles. The van der Waals surface area contributed by atoms with Gasteiger partial charge in [-0.2, -0.15) is 4.98 Å². The lowest BCUT2D eigenvalue weighted by Gasteiger charge is -2.09. The lowest BCUT2D eigenvalue weighted by atomic mass is 10.1. The van der Waals surface area contributed by atoms with Crippen LogP contribution in [-0.4, -0.2) is 15.0 Å². The SMILES string of the molecule is Nc1nc(-c2c(Cl)cccc2Cl)c2ccc(=O)[nH]c2n1. The highest BCUT2D eigenvalue weighted by Crippen LogP contribution is 2.36. The number of pyridine rings is 1. The van der Waals surface area contributed by atoms with E-state index in [0.717, 1.165) is 0 Å². The summed E-state index contributed by atoms with van der Waals surface area (Å²) in [4.78, 5) is 22.2. The molecule has 0 aliphatic heterocycles. The van der Waals surface area contributed by atoms with Gasteiger partial charge in [0.2, 0.25) is 11.5 Å². The summed E-state index contributed by atoms with van der Waals surface area (Å²) in [5, 5.41) is 1.51. The Morgan fingerprint density at radius 1 is 1.05 bits per heavy atom. The van der Waals surface area contributed by atoms with Crippen LogP contribution >= 0.6 is 23.2 Å². The number of nitrogens with zero attached hydrogens (tertiary/aromatic N) is 2. The number of hydrogen-bond donors (Lipinski definition) is 2. The summed E-state index contributed by atoms with van der Waals surface area (Å²) < 4.78 is 0. The number of nitrogens with one attached hydrogen (secondary N) is 1. The highest BCUT2D eigenvalue weighted by molar-refractivity contribution is 6.39. The second-order valence-corrected chi connectivity index (χ2v) is 4.93. The number of nitrogens with two attached hydrogens (primary N) is 1. The van der Waals surface area contributed by atoms with Crippen LogP contribution in [0.4, 0.5) is 5.95 Å². The molecule has 0 fully saturated rings. The van der Waals surface area contributed by atoms with Gasteiger partial charge in [0.1, 0.15) is 5.65 Å². The lowest BCUT2D eigenvalue weighted by Crippen LogP contribution is -2.07. The van der Waals surface area contributed by atoms with Gasteiger partial charge < -0.3 is 10.7 Å². The quantitative estimate of drug-likeness (QED) is 0.724. The number of nitrogen functional groups attached to an aromatic ring is 1. The first-order valence-corrected chi connectivity index (χ1v) is 6.43. The van der Waals surface area contributed by atoms with Crippen molar-refractivity contribution in [2.24, 2.45) is 0 Å². The first-order chi connectivity index (χ1) is 9.56. The minimum Gasteiger partial charge on any atom is -0.368 e. The zero-order chi connectivity index (χ0) is 14.3. The van der Waals surface area contributed by atoms with Crippen molar-refractivity contribution in [3.63, 3.8) is 0 Å². The van der Waals surface area contributed by atoms with E-state index in [4.69, 9.17) is 28.9 Å². The van der Waals surface area contributed by atoms with Crippen LogP contribution in [0.15, 0.2) is 35.1 Å². The Hall–Kier alpha value is -2.11. The number of benzene rings is 1. The molecule has 0 atom stereocenters. The second kappa shape index (κ2) is 4.77. The van der Waals surface area contributed by atoms with Crippen molar-refractivity contribution < 1.29 is 0 Å². The predicted octanol–water partition coefficient (Wildman–Crippen LogP) is 2.87. The number of H-pyrrole nitrogens is 1. The van der Waals surface area contributed by atoms with Gasteiger partial charge in [0, 0.05) is 17.0 Å². The largest absolute Gasteiger partial charge is 0.368 e. The highest BCUT2D eigenvalue weighted by atomic mass is 35.5. The van der Waals surface area contributed by atoms with Gasteiger partial charge in [0.05, 0.1) is 15.7 Å². The summed E-state index contributed by atoms with van der Waals surface area (Å²) in [6.07, 6.45) is 0. The zero-order valence-corrected chi connectivity index (χ0v) is 11.5. The molecule has 0 radical (unpaired) electrons. The summed E-state index contributed by atoms with van der Waals surface area (Å²) >= 11 is 12.4. The van der Waals surface area contributed by atoms with Crippen LogP contribution in [0.3, 0.4) is 0 Å². The summed E-state index contributed by atoms with van der Waals surface area (Å²) in [6.45, 7) is 0. The molecule has 0 amide bonds. The highest BCUT2D eigenvalue weighted by Gasteiger charge is 2.15. The van der Waals surface area contributed by atoms with E-state index < -0.39 is 0 Å². The van der Waals surface area contributed by atoms with Crippen LogP contribution < -0.4 is 11.3 Å². The molecule has 20 heavy (non-hydrogen) atoms. The van der Waals surface area contributed by atoms with E-state index in [1.165, 1.54) is 6.07 Å². The molecular weight excluding hydrogens is 299 g/mol. The van der Waals surface area contributed by atoms with Crippen LogP contribution in [-0.2, 0) is 0 Å². The van der Waals surface area contributed by atoms with Gasteiger partial charge in [0.15, 0.2) is 0 Å². The first-order valence-electron chi connectivity index (χ1n) is 5.67. The van der Waals surface area contributed by atoms with Gasteiger partial charge in [0.25, 0.3) is 0 Å². The topological polar surface area (TPSA) is 84.7 Å². The number of hydrogen-bond acceptors (Lipinski definition) is 4. The molecule has 3 N–H and O–H groups in total. The van der Waals surface area contributed by atoms with E-state index in [-0.39, 0.29) is 11.5 Å². The maximum absolute atomic E-state index is 11.4. The first kappa shape index (κ1) is 12.9. The Morgan fingerprint density at radius 3 is 2.45 bits per heavy atom. The molecule has 0 aliphatic carbocycles. The fourth-order valence-corrected chi connectivity index (χ4v) is 2.55. The monoisotopic (exact) mass is 306 g/mol. The number of halogens is 2. The molecule has 0 saturated carbocycles. The van der Waals surface area contributed by atoms with Crippen LogP contribution in [0.1, 0.15) is 0 Å². The van der Waals surface area contributed by atoms with Gasteiger partial charge in [-0.3, -0.25) is 4.79 Å². The third kappa shape index (κ3) is 2.11. The smallest absolute Gasteiger partial charge is 0.249 e. The molecular formula is C13H8Cl2N4O.